The summed E-state index contributed by atoms with van der Waals surface area (Å²) < 4.78 is 0. The zero-order valence-electron chi connectivity index (χ0n) is 6.48. The minimum Gasteiger partial charge on any atom is -0.341 e. The summed E-state index contributed by atoms with van der Waals surface area (Å²) in [4.78, 5) is 10.5. The second-order valence-electron chi connectivity index (χ2n) is 2.27. The van der Waals surface area contributed by atoms with E-state index in [0.717, 1.165) is 6.42 Å². The van der Waals surface area contributed by atoms with Gasteiger partial charge in [-0.05, 0) is 13.3 Å². The van der Waals surface area contributed by atoms with Gasteiger partial charge in [-0.2, -0.15) is 0 Å². The number of hydrogen-bond acceptors (Lipinski definition) is 2. The molecule has 1 unspecified atom stereocenters. The summed E-state index contributed by atoms with van der Waals surface area (Å²) in [7, 11) is 1.58. The number of nitrogens with one attached hydrogen (secondary N) is 2. The van der Waals surface area contributed by atoms with Crippen molar-refractivity contribution in [2.24, 2.45) is 5.73 Å². The van der Waals surface area contributed by atoms with E-state index in [-0.39, 0.29) is 12.1 Å². The molecule has 0 aliphatic rings. The average Bonchev–Trinajstić information content (AvgIpc) is 1.87. The third-order valence-corrected chi connectivity index (χ3v) is 1.11. The van der Waals surface area contributed by atoms with E-state index in [2.05, 4.69) is 10.6 Å². The molecule has 4 nitrogen and oxygen atoms in total. The van der Waals surface area contributed by atoms with Crippen molar-refractivity contribution in [1.29, 1.82) is 0 Å². The summed E-state index contributed by atoms with van der Waals surface area (Å²) in [5, 5.41) is 5.08. The van der Waals surface area contributed by atoms with Crippen LogP contribution in [-0.2, 0) is 0 Å². The van der Waals surface area contributed by atoms with Crippen molar-refractivity contribution >= 4 is 6.03 Å². The van der Waals surface area contributed by atoms with E-state index in [9.17, 15) is 4.79 Å². The maximum Gasteiger partial charge on any atom is 0.314 e. The monoisotopic (exact) mass is 145 g/mol. The molecule has 10 heavy (non-hydrogen) atoms. The molecular weight excluding hydrogens is 130 g/mol. The van der Waals surface area contributed by atoms with E-state index in [1.54, 1.807) is 7.05 Å². The molecule has 0 bridgehead atoms. The van der Waals surface area contributed by atoms with Crippen molar-refractivity contribution in [2.75, 3.05) is 13.6 Å². The van der Waals surface area contributed by atoms with Gasteiger partial charge in [0.25, 0.3) is 0 Å². The summed E-state index contributed by atoms with van der Waals surface area (Å²) in [5.74, 6) is 0. The second kappa shape index (κ2) is 5.05. The Morgan fingerprint density at radius 3 is 2.70 bits per heavy atom. The summed E-state index contributed by atoms with van der Waals surface area (Å²) in [6.07, 6.45) is 0.813. The number of amides is 2. The molecule has 4 N–H and O–H groups in total. The van der Waals surface area contributed by atoms with Gasteiger partial charge >= 0.3 is 6.03 Å². The molecule has 0 radical (unpaired) electrons. The molecule has 0 aromatic carbocycles. The van der Waals surface area contributed by atoms with Crippen LogP contribution in [-0.4, -0.2) is 25.7 Å². The second-order valence-corrected chi connectivity index (χ2v) is 2.27. The molecule has 4 heteroatoms. The van der Waals surface area contributed by atoms with E-state index < -0.39 is 0 Å². The Bertz CT molecular complexity index is 103. The first-order chi connectivity index (χ1) is 4.66. The zero-order chi connectivity index (χ0) is 7.98. The summed E-state index contributed by atoms with van der Waals surface area (Å²) in [6, 6.07) is -0.00203. The first-order valence-electron chi connectivity index (χ1n) is 3.38. The van der Waals surface area contributed by atoms with Crippen molar-refractivity contribution in [2.45, 2.75) is 19.4 Å². The third kappa shape index (κ3) is 5.37. The predicted octanol–water partition coefficient (Wildman–Crippen LogP) is -0.347. The highest BCUT2D eigenvalue weighted by molar-refractivity contribution is 5.73. The molecule has 0 saturated heterocycles. The Hall–Kier alpha value is -0.770. The Morgan fingerprint density at radius 2 is 2.30 bits per heavy atom. The van der Waals surface area contributed by atoms with Crippen LogP contribution in [0.15, 0.2) is 0 Å². The van der Waals surface area contributed by atoms with Crippen LogP contribution in [0.2, 0.25) is 0 Å². The largest absolute Gasteiger partial charge is 0.341 e. The van der Waals surface area contributed by atoms with Gasteiger partial charge in [0.1, 0.15) is 0 Å². The van der Waals surface area contributed by atoms with Crippen LogP contribution in [0.4, 0.5) is 4.79 Å². The van der Waals surface area contributed by atoms with Crippen LogP contribution in [0.25, 0.3) is 0 Å². The molecule has 0 saturated carbocycles. The number of nitrogens with two attached hydrogens (primary N) is 1. The quantitative estimate of drug-likeness (QED) is 0.508. The molecular formula is C6H15N3O. The fourth-order valence-corrected chi connectivity index (χ4v) is 0.502. The number of carbonyl (C=O) groups is 1. The van der Waals surface area contributed by atoms with Crippen molar-refractivity contribution < 1.29 is 4.79 Å². The average molecular weight is 145 g/mol. The molecule has 60 valence electrons. The van der Waals surface area contributed by atoms with Crippen LogP contribution in [0, 0.1) is 0 Å². The Balaban J connectivity index is 3.12. The standard InChI is InChI=1S/C6H15N3O/c1-5(7)3-4-9-6(10)8-2/h5H,3-4,7H2,1-2H3,(H2,8,9,10). The molecule has 0 fully saturated rings. The van der Waals surface area contributed by atoms with Crippen molar-refractivity contribution in [3.05, 3.63) is 0 Å². The molecule has 0 spiro atoms. The van der Waals surface area contributed by atoms with Gasteiger partial charge in [-0.3, -0.25) is 0 Å². The molecule has 0 aliphatic carbocycles. The molecule has 0 rings (SSSR count). The van der Waals surface area contributed by atoms with Gasteiger partial charge in [0.2, 0.25) is 0 Å². The van der Waals surface area contributed by atoms with E-state index in [4.69, 9.17) is 5.73 Å². The Labute approximate surface area is 61.2 Å². The maximum atomic E-state index is 10.5. The van der Waals surface area contributed by atoms with Crippen molar-refractivity contribution in [1.82, 2.24) is 10.6 Å². The van der Waals surface area contributed by atoms with Crippen LogP contribution >= 0.6 is 0 Å². The fraction of sp³-hybridized carbons (Fsp3) is 0.833. The zero-order valence-corrected chi connectivity index (χ0v) is 6.48. The molecule has 0 aromatic rings. The summed E-state index contributed by atoms with van der Waals surface area (Å²) in [5.41, 5.74) is 5.45. The van der Waals surface area contributed by atoms with E-state index in [1.807, 2.05) is 6.92 Å². The molecule has 0 aliphatic heterocycles. The van der Waals surface area contributed by atoms with E-state index in [0.29, 0.717) is 6.54 Å². The van der Waals surface area contributed by atoms with Crippen LogP contribution in [0.1, 0.15) is 13.3 Å². The molecule has 1 atom stereocenters. The molecule has 0 aromatic heterocycles. The first kappa shape index (κ1) is 9.23. The number of hydrogen-bond donors (Lipinski definition) is 3. The molecule has 2 amide bonds. The summed E-state index contributed by atoms with van der Waals surface area (Å²) >= 11 is 0. The highest BCUT2D eigenvalue weighted by atomic mass is 16.2. The predicted molar refractivity (Wildman–Crippen MR) is 40.7 cm³/mol. The Kier molecular flexibility index (Phi) is 4.66. The lowest BCUT2D eigenvalue weighted by molar-refractivity contribution is 0.242. The highest BCUT2D eigenvalue weighted by Crippen LogP contribution is 1.81. The van der Waals surface area contributed by atoms with Crippen LogP contribution in [0.5, 0.6) is 0 Å². The SMILES string of the molecule is CNC(=O)NCCC(C)N. The first-order valence-corrected chi connectivity index (χ1v) is 3.38. The van der Waals surface area contributed by atoms with Crippen molar-refractivity contribution in [3.8, 4) is 0 Å². The third-order valence-electron chi connectivity index (χ3n) is 1.11. The lowest BCUT2D eigenvalue weighted by atomic mass is 10.2. The van der Waals surface area contributed by atoms with Gasteiger partial charge in [0.05, 0.1) is 0 Å². The molecule has 0 heterocycles. The van der Waals surface area contributed by atoms with Gasteiger partial charge in [-0.15, -0.1) is 0 Å². The van der Waals surface area contributed by atoms with Gasteiger partial charge in [-0.1, -0.05) is 0 Å². The Morgan fingerprint density at radius 1 is 1.70 bits per heavy atom. The number of carbonyl (C=O) groups excluding carboxylic acids is 1. The topological polar surface area (TPSA) is 67.2 Å². The van der Waals surface area contributed by atoms with Gasteiger partial charge in [-0.25, -0.2) is 4.79 Å². The number of rotatable bonds is 3. The minimum atomic E-state index is -0.152. The fourth-order valence-electron chi connectivity index (χ4n) is 0.502. The maximum absolute atomic E-state index is 10.5. The van der Waals surface area contributed by atoms with Crippen molar-refractivity contribution in [3.63, 3.8) is 0 Å². The smallest absolute Gasteiger partial charge is 0.314 e. The normalized spacial score (nSPS) is 12.3. The lowest BCUT2D eigenvalue weighted by Crippen LogP contribution is -2.35. The number of urea groups is 1. The highest BCUT2D eigenvalue weighted by Gasteiger charge is 1.96. The van der Waals surface area contributed by atoms with Gasteiger partial charge < -0.3 is 16.4 Å². The van der Waals surface area contributed by atoms with E-state index in [1.165, 1.54) is 0 Å². The van der Waals surface area contributed by atoms with Gasteiger partial charge in [0.15, 0.2) is 0 Å². The lowest BCUT2D eigenvalue weighted by Gasteiger charge is -2.05. The van der Waals surface area contributed by atoms with E-state index >= 15 is 0 Å². The minimum absolute atomic E-state index is 0.150. The van der Waals surface area contributed by atoms with Gasteiger partial charge in [0, 0.05) is 19.6 Å². The summed E-state index contributed by atoms with van der Waals surface area (Å²) in [6.45, 7) is 2.54. The van der Waals surface area contributed by atoms with Crippen LogP contribution in [0.3, 0.4) is 0 Å². The van der Waals surface area contributed by atoms with Crippen LogP contribution < -0.4 is 16.4 Å².